The summed E-state index contributed by atoms with van der Waals surface area (Å²) in [6.45, 7) is 1.27. The predicted octanol–water partition coefficient (Wildman–Crippen LogP) is 3.05. The molecule has 0 saturated carbocycles. The van der Waals surface area contributed by atoms with Crippen LogP contribution in [0.15, 0.2) is 0 Å². The monoisotopic (exact) mass is 274 g/mol. The van der Waals surface area contributed by atoms with Gasteiger partial charge in [0.1, 0.15) is 12.4 Å². The number of alkyl halides is 3. The van der Waals surface area contributed by atoms with Gasteiger partial charge in [-0.05, 0) is 19.8 Å². The molecule has 0 atom stereocenters. The fourth-order valence-corrected chi connectivity index (χ4v) is 1.04. The zero-order chi connectivity index (χ0) is 11.9. The van der Waals surface area contributed by atoms with Gasteiger partial charge in [0.25, 0.3) is 0 Å². The molecule has 88 valence electrons. The van der Waals surface area contributed by atoms with Gasteiger partial charge in [-0.3, -0.25) is 4.79 Å². The molecule has 0 fully saturated rings. The van der Waals surface area contributed by atoms with E-state index in [1.165, 1.54) is 6.92 Å². The number of ketones is 1. The molecule has 0 N–H and O–H groups in total. The lowest BCUT2D eigenvalue weighted by atomic mass is 10.1. The molecule has 0 unspecified atom stereocenters. The molecular weight excluding hydrogens is 262 g/mol. The van der Waals surface area contributed by atoms with E-state index in [2.05, 4.69) is 0 Å². The van der Waals surface area contributed by atoms with E-state index >= 15 is 0 Å². The van der Waals surface area contributed by atoms with Crippen molar-refractivity contribution >= 4 is 46.6 Å². The van der Waals surface area contributed by atoms with Crippen LogP contribution in [0.1, 0.15) is 32.6 Å². The third-order valence-corrected chi connectivity index (χ3v) is 1.88. The molecule has 0 spiro atoms. The first kappa shape index (κ1) is 15.0. The molecule has 0 saturated heterocycles. The maximum atomic E-state index is 11.1. The number of unbranched alkanes of at least 4 members (excludes halogenated alkanes) is 1. The fraction of sp³-hybridized carbons (Fsp3) is 0.778. The average Bonchev–Trinajstić information content (AvgIpc) is 2.07. The number of Topliss-reactive ketones (excluding diaryl/α,β-unsaturated/α-hetero) is 1. The lowest BCUT2D eigenvalue weighted by Gasteiger charge is -2.10. The van der Waals surface area contributed by atoms with Crippen LogP contribution in [0.5, 0.6) is 0 Å². The second-order valence-electron chi connectivity index (χ2n) is 3.18. The molecule has 0 aromatic heterocycles. The smallest absolute Gasteiger partial charge is 0.305 e. The Hall–Kier alpha value is 0.01000. The Bertz CT molecular complexity index is 223. The Labute approximate surface area is 104 Å². The van der Waals surface area contributed by atoms with Crippen LogP contribution in [0, 0.1) is 0 Å². The lowest BCUT2D eigenvalue weighted by molar-refractivity contribution is -0.143. The maximum Gasteiger partial charge on any atom is 0.305 e. The van der Waals surface area contributed by atoms with E-state index in [-0.39, 0.29) is 18.8 Å². The summed E-state index contributed by atoms with van der Waals surface area (Å²) in [7, 11) is 0. The first-order chi connectivity index (χ1) is 6.81. The van der Waals surface area contributed by atoms with Gasteiger partial charge in [-0.25, -0.2) is 0 Å². The largest absolute Gasteiger partial charge is 0.461 e. The van der Waals surface area contributed by atoms with Gasteiger partial charge in [0.05, 0.1) is 0 Å². The molecule has 0 heterocycles. The Kier molecular flexibility index (Phi) is 7.32. The SMILES string of the molecule is CC(=O)CCCCC(=O)OCC(Cl)(Cl)Cl. The second-order valence-corrected chi connectivity index (χ2v) is 5.70. The molecular formula is C9H13Cl3O3. The number of ether oxygens (including phenoxy) is 1. The molecule has 15 heavy (non-hydrogen) atoms. The number of carbonyl (C=O) groups is 2. The topological polar surface area (TPSA) is 43.4 Å². The Morgan fingerprint density at radius 3 is 2.13 bits per heavy atom. The highest BCUT2D eigenvalue weighted by atomic mass is 35.6. The van der Waals surface area contributed by atoms with Crippen molar-refractivity contribution in [3.8, 4) is 0 Å². The number of hydrogen-bond acceptors (Lipinski definition) is 3. The van der Waals surface area contributed by atoms with Gasteiger partial charge in [-0.15, -0.1) is 0 Å². The highest BCUT2D eigenvalue weighted by Crippen LogP contribution is 2.26. The fourth-order valence-electron chi connectivity index (χ4n) is 0.878. The number of hydrogen-bond donors (Lipinski definition) is 0. The zero-order valence-corrected chi connectivity index (χ0v) is 10.7. The van der Waals surface area contributed by atoms with Crippen molar-refractivity contribution in [2.75, 3.05) is 6.61 Å². The first-order valence-corrected chi connectivity index (χ1v) is 5.66. The highest BCUT2D eigenvalue weighted by molar-refractivity contribution is 6.67. The molecule has 0 rings (SSSR count). The van der Waals surface area contributed by atoms with Gasteiger partial charge in [-0.2, -0.15) is 0 Å². The summed E-state index contributed by atoms with van der Waals surface area (Å²) in [4.78, 5) is 21.6. The summed E-state index contributed by atoms with van der Waals surface area (Å²) in [5.41, 5.74) is 0. The van der Waals surface area contributed by atoms with E-state index in [1.54, 1.807) is 0 Å². The number of carbonyl (C=O) groups excluding carboxylic acids is 2. The number of rotatable bonds is 6. The molecule has 0 aliphatic carbocycles. The molecule has 0 aliphatic rings. The Balaban J connectivity index is 3.46. The van der Waals surface area contributed by atoms with Gasteiger partial charge < -0.3 is 9.53 Å². The van der Waals surface area contributed by atoms with Gasteiger partial charge in [0.2, 0.25) is 3.79 Å². The third-order valence-electron chi connectivity index (χ3n) is 1.56. The van der Waals surface area contributed by atoms with E-state index in [1.807, 2.05) is 0 Å². The van der Waals surface area contributed by atoms with E-state index in [0.29, 0.717) is 19.3 Å². The van der Waals surface area contributed by atoms with Crippen LogP contribution in [0.4, 0.5) is 0 Å². The van der Waals surface area contributed by atoms with E-state index in [0.717, 1.165) is 0 Å². The molecule has 0 aromatic rings. The summed E-state index contributed by atoms with van der Waals surface area (Å²) < 4.78 is 3.13. The molecule has 0 bridgehead atoms. The van der Waals surface area contributed by atoms with Gasteiger partial charge in [0, 0.05) is 12.8 Å². The highest BCUT2D eigenvalue weighted by Gasteiger charge is 2.21. The maximum absolute atomic E-state index is 11.1. The van der Waals surface area contributed by atoms with Crippen molar-refractivity contribution in [1.82, 2.24) is 0 Å². The minimum absolute atomic E-state index is 0.115. The van der Waals surface area contributed by atoms with Crippen molar-refractivity contribution in [3.63, 3.8) is 0 Å². The van der Waals surface area contributed by atoms with Crippen molar-refractivity contribution in [2.24, 2.45) is 0 Å². The molecule has 0 aliphatic heterocycles. The molecule has 0 radical (unpaired) electrons. The van der Waals surface area contributed by atoms with Gasteiger partial charge >= 0.3 is 5.97 Å². The standard InChI is InChI=1S/C9H13Cl3O3/c1-7(13)4-2-3-5-8(14)15-6-9(10,11)12/h2-6H2,1H3. The van der Waals surface area contributed by atoms with Crippen LogP contribution in [0.2, 0.25) is 0 Å². The quantitative estimate of drug-likeness (QED) is 0.425. The van der Waals surface area contributed by atoms with E-state index in [4.69, 9.17) is 39.5 Å². The summed E-state index contributed by atoms with van der Waals surface area (Å²) in [5.74, 6) is -0.297. The third kappa shape index (κ3) is 11.9. The first-order valence-electron chi connectivity index (χ1n) is 4.53. The van der Waals surface area contributed by atoms with Crippen LogP contribution in [0.3, 0.4) is 0 Å². The molecule has 6 heteroatoms. The minimum Gasteiger partial charge on any atom is -0.461 e. The van der Waals surface area contributed by atoms with Crippen LogP contribution in [0.25, 0.3) is 0 Å². The van der Waals surface area contributed by atoms with Crippen LogP contribution in [-0.2, 0) is 14.3 Å². The van der Waals surface area contributed by atoms with Gasteiger partial charge in [-0.1, -0.05) is 34.8 Å². The lowest BCUT2D eigenvalue weighted by Crippen LogP contribution is -2.17. The average molecular weight is 276 g/mol. The molecule has 3 nitrogen and oxygen atoms in total. The van der Waals surface area contributed by atoms with E-state index in [9.17, 15) is 9.59 Å². The zero-order valence-electron chi connectivity index (χ0n) is 8.39. The van der Waals surface area contributed by atoms with Crippen molar-refractivity contribution in [3.05, 3.63) is 0 Å². The van der Waals surface area contributed by atoms with Crippen LogP contribution < -0.4 is 0 Å². The Morgan fingerprint density at radius 2 is 1.67 bits per heavy atom. The molecule has 0 aromatic carbocycles. The number of halogens is 3. The normalized spacial score (nSPS) is 11.2. The summed E-state index contributed by atoms with van der Waals surface area (Å²) >= 11 is 16.2. The van der Waals surface area contributed by atoms with Crippen molar-refractivity contribution < 1.29 is 14.3 Å². The van der Waals surface area contributed by atoms with Crippen LogP contribution in [-0.4, -0.2) is 22.2 Å². The minimum atomic E-state index is -1.56. The van der Waals surface area contributed by atoms with Crippen molar-refractivity contribution in [1.29, 1.82) is 0 Å². The summed E-state index contributed by atoms with van der Waals surface area (Å²) in [6.07, 6.45) is 2.02. The summed E-state index contributed by atoms with van der Waals surface area (Å²) in [5, 5.41) is 0. The van der Waals surface area contributed by atoms with Crippen LogP contribution >= 0.6 is 34.8 Å². The second kappa shape index (κ2) is 7.31. The number of esters is 1. The van der Waals surface area contributed by atoms with Gasteiger partial charge in [0.15, 0.2) is 0 Å². The predicted molar refractivity (Wildman–Crippen MR) is 60.4 cm³/mol. The van der Waals surface area contributed by atoms with E-state index < -0.39 is 9.76 Å². The Morgan fingerprint density at radius 1 is 1.13 bits per heavy atom. The summed E-state index contributed by atoms with van der Waals surface area (Å²) in [6, 6.07) is 0. The van der Waals surface area contributed by atoms with Crippen molar-refractivity contribution in [2.45, 2.75) is 36.4 Å². The molecule has 0 amide bonds.